The number of hydrogen-bond acceptors (Lipinski definition) is 6. The molecule has 0 aliphatic heterocycles. The summed E-state index contributed by atoms with van der Waals surface area (Å²) in [5, 5.41) is 0. The van der Waals surface area contributed by atoms with Gasteiger partial charge in [-0.15, -0.1) is 0 Å². The standard InChI is InChI=1S/C18H30O4S2/c1-3-11-23-13-17(21)8-5-9-18(22)14-24-12-10-16(20)7-4-6-15(2)19/h3-14H2,1-2H3. The summed E-state index contributed by atoms with van der Waals surface area (Å²) >= 11 is 3.14. The van der Waals surface area contributed by atoms with Gasteiger partial charge in [0.05, 0.1) is 11.5 Å². The summed E-state index contributed by atoms with van der Waals surface area (Å²) in [6.45, 7) is 3.62. The number of thioether (sulfide) groups is 2. The average Bonchev–Trinajstić information content (AvgIpc) is 2.51. The van der Waals surface area contributed by atoms with Crippen molar-refractivity contribution in [2.24, 2.45) is 0 Å². The Morgan fingerprint density at radius 2 is 1.17 bits per heavy atom. The fourth-order valence-corrected chi connectivity index (χ4v) is 3.68. The van der Waals surface area contributed by atoms with Crippen LogP contribution in [0.4, 0.5) is 0 Å². The van der Waals surface area contributed by atoms with Gasteiger partial charge >= 0.3 is 0 Å². The third-order valence-corrected chi connectivity index (χ3v) is 5.54. The highest BCUT2D eigenvalue weighted by Gasteiger charge is 2.07. The third-order valence-electron chi connectivity index (χ3n) is 3.30. The van der Waals surface area contributed by atoms with Crippen LogP contribution in [0.1, 0.15) is 65.2 Å². The number of carbonyl (C=O) groups is 4. The van der Waals surface area contributed by atoms with Crippen LogP contribution in [-0.4, -0.2) is 46.1 Å². The van der Waals surface area contributed by atoms with Crippen LogP contribution < -0.4 is 0 Å². The Morgan fingerprint density at radius 3 is 1.71 bits per heavy atom. The fourth-order valence-electron chi connectivity index (χ4n) is 1.99. The lowest BCUT2D eigenvalue weighted by Crippen LogP contribution is -2.07. The Hall–Kier alpha value is -0.620. The first-order chi connectivity index (χ1) is 11.5. The lowest BCUT2D eigenvalue weighted by molar-refractivity contribution is -0.120. The maximum Gasteiger partial charge on any atom is 0.142 e. The van der Waals surface area contributed by atoms with E-state index < -0.39 is 0 Å². The van der Waals surface area contributed by atoms with Crippen molar-refractivity contribution in [3.05, 3.63) is 0 Å². The van der Waals surface area contributed by atoms with E-state index >= 15 is 0 Å². The zero-order valence-electron chi connectivity index (χ0n) is 14.9. The van der Waals surface area contributed by atoms with E-state index in [-0.39, 0.29) is 23.1 Å². The van der Waals surface area contributed by atoms with Gasteiger partial charge in [0.2, 0.25) is 0 Å². The first kappa shape index (κ1) is 23.4. The van der Waals surface area contributed by atoms with E-state index in [2.05, 4.69) is 6.92 Å². The van der Waals surface area contributed by atoms with Crippen LogP contribution in [0.15, 0.2) is 0 Å². The number of hydrogen-bond donors (Lipinski definition) is 0. The molecule has 0 radical (unpaired) electrons. The summed E-state index contributed by atoms with van der Waals surface area (Å²) in [7, 11) is 0. The Kier molecular flexibility index (Phi) is 15.5. The van der Waals surface area contributed by atoms with Gasteiger partial charge in [-0.2, -0.15) is 23.5 Å². The molecule has 0 aliphatic carbocycles. The molecule has 0 amide bonds. The largest absolute Gasteiger partial charge is 0.300 e. The molecular formula is C18H30O4S2. The van der Waals surface area contributed by atoms with E-state index in [1.165, 1.54) is 18.7 Å². The molecule has 0 atom stereocenters. The minimum Gasteiger partial charge on any atom is -0.300 e. The molecule has 138 valence electrons. The Labute approximate surface area is 154 Å². The Bertz CT molecular complexity index is 408. The van der Waals surface area contributed by atoms with Gasteiger partial charge in [0.1, 0.15) is 23.1 Å². The van der Waals surface area contributed by atoms with Gasteiger partial charge in [0.15, 0.2) is 0 Å². The van der Waals surface area contributed by atoms with Crippen LogP contribution in [-0.2, 0) is 19.2 Å². The molecule has 0 N–H and O–H groups in total. The van der Waals surface area contributed by atoms with Crippen molar-refractivity contribution in [2.45, 2.75) is 65.2 Å². The first-order valence-corrected chi connectivity index (χ1v) is 11.0. The van der Waals surface area contributed by atoms with Gasteiger partial charge in [-0.3, -0.25) is 14.4 Å². The smallest absolute Gasteiger partial charge is 0.142 e. The summed E-state index contributed by atoms with van der Waals surface area (Å²) in [6, 6.07) is 0. The lowest BCUT2D eigenvalue weighted by Gasteiger charge is -2.03. The van der Waals surface area contributed by atoms with Crippen LogP contribution in [0, 0.1) is 0 Å². The van der Waals surface area contributed by atoms with Gasteiger partial charge in [0.25, 0.3) is 0 Å². The number of Topliss-reactive ketones (excluding diaryl/α,β-unsaturated/α-hetero) is 4. The number of rotatable bonds is 17. The zero-order chi connectivity index (χ0) is 18.2. The van der Waals surface area contributed by atoms with Gasteiger partial charge in [0, 0.05) is 37.9 Å². The van der Waals surface area contributed by atoms with Gasteiger partial charge < -0.3 is 4.79 Å². The second-order valence-electron chi connectivity index (χ2n) is 5.88. The first-order valence-electron chi connectivity index (χ1n) is 8.65. The molecule has 0 unspecified atom stereocenters. The number of carbonyl (C=O) groups excluding carboxylic acids is 4. The summed E-state index contributed by atoms with van der Waals surface area (Å²) in [5.41, 5.74) is 0. The number of ketones is 4. The molecule has 0 aliphatic rings. The van der Waals surface area contributed by atoms with E-state index in [4.69, 9.17) is 0 Å². The summed E-state index contributed by atoms with van der Waals surface area (Å²) in [6.07, 6.45) is 4.65. The van der Waals surface area contributed by atoms with Gasteiger partial charge in [-0.05, 0) is 31.9 Å². The van der Waals surface area contributed by atoms with Crippen LogP contribution in [0.25, 0.3) is 0 Å². The van der Waals surface area contributed by atoms with E-state index in [0.717, 1.165) is 12.2 Å². The lowest BCUT2D eigenvalue weighted by atomic mass is 10.1. The molecule has 0 heterocycles. The highest BCUT2D eigenvalue weighted by molar-refractivity contribution is 8.00. The summed E-state index contributed by atoms with van der Waals surface area (Å²) < 4.78 is 0. The molecule has 24 heavy (non-hydrogen) atoms. The van der Waals surface area contributed by atoms with Crippen LogP contribution >= 0.6 is 23.5 Å². The zero-order valence-corrected chi connectivity index (χ0v) is 16.6. The molecule has 0 aromatic heterocycles. The van der Waals surface area contributed by atoms with E-state index in [1.54, 1.807) is 11.8 Å². The maximum atomic E-state index is 11.7. The Balaban J connectivity index is 3.51. The van der Waals surface area contributed by atoms with Gasteiger partial charge in [-0.25, -0.2) is 0 Å². The van der Waals surface area contributed by atoms with Crippen molar-refractivity contribution in [1.82, 2.24) is 0 Å². The molecule has 6 heteroatoms. The molecule has 0 aromatic carbocycles. The second-order valence-corrected chi connectivity index (χ2v) is 8.09. The molecule has 0 aromatic rings. The molecule has 0 fully saturated rings. The van der Waals surface area contributed by atoms with E-state index in [1.807, 2.05) is 0 Å². The molecular weight excluding hydrogens is 344 g/mol. The van der Waals surface area contributed by atoms with Crippen LogP contribution in [0.3, 0.4) is 0 Å². The third kappa shape index (κ3) is 16.2. The highest BCUT2D eigenvalue weighted by atomic mass is 32.2. The van der Waals surface area contributed by atoms with Crippen molar-refractivity contribution < 1.29 is 19.2 Å². The average molecular weight is 375 g/mol. The van der Waals surface area contributed by atoms with Crippen molar-refractivity contribution in [2.75, 3.05) is 23.0 Å². The van der Waals surface area contributed by atoms with Crippen LogP contribution in [0.5, 0.6) is 0 Å². The van der Waals surface area contributed by atoms with Gasteiger partial charge in [-0.1, -0.05) is 6.92 Å². The summed E-state index contributed by atoms with van der Waals surface area (Å²) in [5.74, 6) is 3.29. The second kappa shape index (κ2) is 15.9. The SMILES string of the molecule is CCCSCC(=O)CCCC(=O)CSCCC(=O)CCCC(C)=O. The van der Waals surface area contributed by atoms with Crippen molar-refractivity contribution in [1.29, 1.82) is 0 Å². The quantitative estimate of drug-likeness (QED) is 0.360. The normalized spacial score (nSPS) is 10.6. The minimum atomic E-state index is 0.116. The Morgan fingerprint density at radius 1 is 0.667 bits per heavy atom. The van der Waals surface area contributed by atoms with Crippen molar-refractivity contribution >= 4 is 46.7 Å². The topological polar surface area (TPSA) is 68.3 Å². The monoisotopic (exact) mass is 374 g/mol. The highest BCUT2D eigenvalue weighted by Crippen LogP contribution is 2.10. The molecule has 4 nitrogen and oxygen atoms in total. The van der Waals surface area contributed by atoms with E-state index in [0.29, 0.717) is 62.2 Å². The maximum absolute atomic E-state index is 11.7. The molecule has 0 bridgehead atoms. The molecule has 0 rings (SSSR count). The molecule has 0 saturated heterocycles. The van der Waals surface area contributed by atoms with Crippen molar-refractivity contribution in [3.63, 3.8) is 0 Å². The van der Waals surface area contributed by atoms with Crippen LogP contribution in [0.2, 0.25) is 0 Å². The minimum absolute atomic E-state index is 0.116. The predicted octanol–water partition coefficient (Wildman–Crippen LogP) is 3.89. The van der Waals surface area contributed by atoms with Crippen molar-refractivity contribution in [3.8, 4) is 0 Å². The fraction of sp³-hybridized carbons (Fsp3) is 0.778. The van der Waals surface area contributed by atoms with E-state index in [9.17, 15) is 19.2 Å². The molecule has 0 spiro atoms. The molecule has 0 saturated carbocycles. The summed E-state index contributed by atoms with van der Waals surface area (Å²) in [4.78, 5) is 45.6. The predicted molar refractivity (Wildman–Crippen MR) is 103 cm³/mol.